The lowest BCUT2D eigenvalue weighted by molar-refractivity contribution is -0.000292. The quantitative estimate of drug-likeness (QED) is 0.477. The molecule has 2 N–H and O–H groups in total. The number of aliphatic hydroxyl groups is 1. The molecule has 2 atom stereocenters. The maximum Gasteiger partial charge on any atom is 0.247 e. The van der Waals surface area contributed by atoms with Gasteiger partial charge in [0.05, 0.1) is 6.34 Å². The Kier molecular flexibility index (Phi) is 7.00. The second-order valence-corrected chi connectivity index (χ2v) is 9.77. The Morgan fingerprint density at radius 3 is 2.27 bits per heavy atom. The van der Waals surface area contributed by atoms with Crippen molar-refractivity contribution in [1.29, 1.82) is 0 Å². The minimum absolute atomic E-state index is 0.0332. The van der Waals surface area contributed by atoms with Crippen LogP contribution in [0.3, 0.4) is 0 Å². The highest BCUT2D eigenvalue weighted by molar-refractivity contribution is 6.77. The van der Waals surface area contributed by atoms with Crippen molar-refractivity contribution in [3.05, 3.63) is 35.9 Å². The van der Waals surface area contributed by atoms with Gasteiger partial charge in [-0.15, -0.1) is 0 Å². The fourth-order valence-corrected chi connectivity index (χ4v) is 2.70. The molecule has 0 amide bonds. The first-order valence-electron chi connectivity index (χ1n) is 7.11. The first-order valence-corrected chi connectivity index (χ1v) is 9.38. The Morgan fingerprint density at radius 1 is 1.15 bits per heavy atom. The topological polar surface area (TPSA) is 66.2 Å². The molecule has 0 radical (unpaired) electrons. The number of hydrogen-bond acceptors (Lipinski definition) is 5. The summed E-state index contributed by atoms with van der Waals surface area (Å²) in [5, 5.41) is 11.8. The Labute approximate surface area is 180 Å². The number of rotatable bonds is 4. The van der Waals surface area contributed by atoms with E-state index in [1.54, 1.807) is 30.3 Å². The summed E-state index contributed by atoms with van der Waals surface area (Å²) < 4.78 is 1.37. The fraction of sp³-hybridized carbons (Fsp3) is 0.333. The average molecular weight is 480 g/mol. The number of nitrogens with zero attached hydrogens (tertiary/aromatic N) is 2. The molecule has 2 rings (SSSR count). The van der Waals surface area contributed by atoms with E-state index in [1.165, 1.54) is 19.3 Å². The van der Waals surface area contributed by atoms with Crippen molar-refractivity contribution in [2.75, 3.05) is 0 Å². The summed E-state index contributed by atoms with van der Waals surface area (Å²) in [6.07, 6.45) is 3.47. The summed E-state index contributed by atoms with van der Waals surface area (Å²) in [4.78, 5) is 8.33. The zero-order valence-corrected chi connectivity index (χ0v) is 17.7. The SMILES string of the molecule is CC(O)Oc1ccc(/C=C/C2(C(Cl)(Cl)Cl)N=CNC(C(Cl)(Cl)Cl)=N2)cc1. The molecule has 0 fully saturated rings. The van der Waals surface area contributed by atoms with Gasteiger partial charge in [0.2, 0.25) is 13.2 Å². The van der Waals surface area contributed by atoms with Crippen LogP contribution in [0.25, 0.3) is 6.08 Å². The highest BCUT2D eigenvalue weighted by Gasteiger charge is 2.49. The van der Waals surface area contributed by atoms with Crippen LogP contribution >= 0.6 is 69.6 Å². The van der Waals surface area contributed by atoms with Gasteiger partial charge in [-0.05, 0) is 30.7 Å². The summed E-state index contributed by atoms with van der Waals surface area (Å²) in [6.45, 7) is 1.51. The zero-order chi connectivity index (χ0) is 19.6. The maximum atomic E-state index is 9.21. The van der Waals surface area contributed by atoms with Gasteiger partial charge >= 0.3 is 0 Å². The maximum absolute atomic E-state index is 9.21. The zero-order valence-electron chi connectivity index (χ0n) is 13.1. The van der Waals surface area contributed by atoms with E-state index in [2.05, 4.69) is 15.3 Å². The third kappa shape index (κ3) is 5.55. The minimum Gasteiger partial charge on any atom is -0.465 e. The first-order chi connectivity index (χ1) is 11.9. The van der Waals surface area contributed by atoms with Crippen molar-refractivity contribution >= 4 is 87.9 Å². The second kappa shape index (κ2) is 8.31. The highest BCUT2D eigenvalue weighted by atomic mass is 35.6. The lowest BCUT2D eigenvalue weighted by Crippen LogP contribution is -2.47. The van der Waals surface area contributed by atoms with Gasteiger partial charge in [-0.2, -0.15) is 0 Å². The number of halogens is 6. The molecular formula is C15H13Cl6N3O2. The van der Waals surface area contributed by atoms with Gasteiger partial charge in [-0.3, -0.25) is 0 Å². The van der Waals surface area contributed by atoms with Crippen molar-refractivity contribution in [2.24, 2.45) is 9.98 Å². The molecule has 1 aliphatic rings. The van der Waals surface area contributed by atoms with E-state index in [-0.39, 0.29) is 5.84 Å². The van der Waals surface area contributed by atoms with E-state index in [0.29, 0.717) is 5.75 Å². The van der Waals surface area contributed by atoms with Gasteiger partial charge in [0.25, 0.3) is 0 Å². The van der Waals surface area contributed by atoms with E-state index < -0.39 is 19.5 Å². The van der Waals surface area contributed by atoms with Gasteiger partial charge in [0.15, 0.2) is 12.1 Å². The van der Waals surface area contributed by atoms with Crippen LogP contribution in [0.4, 0.5) is 0 Å². The van der Waals surface area contributed by atoms with Crippen LogP contribution in [0.2, 0.25) is 0 Å². The molecule has 0 aromatic heterocycles. The molecule has 26 heavy (non-hydrogen) atoms. The number of benzene rings is 1. The lowest BCUT2D eigenvalue weighted by Gasteiger charge is -2.33. The largest absolute Gasteiger partial charge is 0.465 e. The number of ether oxygens (including phenoxy) is 1. The van der Waals surface area contributed by atoms with Crippen molar-refractivity contribution in [2.45, 2.75) is 26.5 Å². The Hall–Kier alpha value is -0.400. The molecule has 0 saturated heterocycles. The molecule has 1 aromatic rings. The molecule has 0 saturated carbocycles. The second-order valence-electron chi connectivity index (χ2n) is 5.20. The van der Waals surface area contributed by atoms with Crippen molar-refractivity contribution in [3.8, 4) is 5.75 Å². The van der Waals surface area contributed by atoms with Crippen LogP contribution in [-0.2, 0) is 0 Å². The molecule has 1 aliphatic heterocycles. The Balaban J connectivity index is 2.34. The monoisotopic (exact) mass is 477 g/mol. The fourth-order valence-electron chi connectivity index (χ4n) is 1.95. The summed E-state index contributed by atoms with van der Waals surface area (Å²) in [7, 11) is 0. The molecule has 2 unspecified atom stereocenters. The predicted octanol–water partition coefficient (Wildman–Crippen LogP) is 4.88. The first kappa shape index (κ1) is 21.9. The lowest BCUT2D eigenvalue weighted by atomic mass is 10.1. The van der Waals surface area contributed by atoms with Gasteiger partial charge in [0.1, 0.15) is 5.75 Å². The average Bonchev–Trinajstić information content (AvgIpc) is 2.52. The molecule has 0 bridgehead atoms. The van der Waals surface area contributed by atoms with Gasteiger partial charge in [0, 0.05) is 0 Å². The smallest absolute Gasteiger partial charge is 0.247 e. The summed E-state index contributed by atoms with van der Waals surface area (Å²) in [5.41, 5.74) is -0.882. The highest BCUT2D eigenvalue weighted by Crippen LogP contribution is 2.45. The van der Waals surface area contributed by atoms with Crippen molar-refractivity contribution < 1.29 is 9.84 Å². The van der Waals surface area contributed by atoms with Crippen LogP contribution in [-0.4, -0.2) is 36.8 Å². The molecule has 142 valence electrons. The van der Waals surface area contributed by atoms with Gasteiger partial charge in [-0.25, -0.2) is 9.98 Å². The number of aliphatic imine (C=N–C) groups is 2. The standard InChI is InChI=1S/C15H13Cl6N3O2/c1-9(25)26-11-4-2-10(3-5-11)6-7-13(15(19,20)21)23-8-22-12(24-13)14(16,17)18/h2-9,25H,1H3,(H,22,23,24)/b7-6+. The molecule has 1 heterocycles. The van der Waals surface area contributed by atoms with E-state index in [9.17, 15) is 5.11 Å². The van der Waals surface area contributed by atoms with Crippen LogP contribution in [0, 0.1) is 0 Å². The van der Waals surface area contributed by atoms with E-state index in [4.69, 9.17) is 74.3 Å². The van der Waals surface area contributed by atoms with Gasteiger partial charge < -0.3 is 15.2 Å². The number of amidine groups is 1. The van der Waals surface area contributed by atoms with E-state index in [0.717, 1.165) is 5.56 Å². The number of nitrogens with one attached hydrogen (secondary N) is 1. The van der Waals surface area contributed by atoms with E-state index in [1.807, 2.05) is 0 Å². The third-order valence-electron chi connectivity index (χ3n) is 3.13. The minimum atomic E-state index is -1.95. The molecule has 5 nitrogen and oxygen atoms in total. The summed E-state index contributed by atoms with van der Waals surface area (Å²) >= 11 is 35.8. The molecule has 1 aromatic carbocycles. The number of aliphatic hydroxyl groups excluding tert-OH is 1. The molecule has 0 spiro atoms. The van der Waals surface area contributed by atoms with Crippen LogP contribution in [0.1, 0.15) is 12.5 Å². The number of alkyl halides is 6. The Bertz CT molecular complexity index is 722. The number of hydrogen-bond donors (Lipinski definition) is 2. The van der Waals surface area contributed by atoms with Crippen LogP contribution < -0.4 is 10.1 Å². The van der Waals surface area contributed by atoms with E-state index >= 15 is 0 Å². The summed E-state index contributed by atoms with van der Waals surface area (Å²) in [6, 6.07) is 6.83. The van der Waals surface area contributed by atoms with Gasteiger partial charge in [-0.1, -0.05) is 87.8 Å². The Morgan fingerprint density at radius 2 is 1.77 bits per heavy atom. The molecular weight excluding hydrogens is 467 g/mol. The van der Waals surface area contributed by atoms with Crippen molar-refractivity contribution in [3.63, 3.8) is 0 Å². The third-order valence-corrected chi connectivity index (χ3v) is 4.50. The molecule has 0 aliphatic carbocycles. The van der Waals surface area contributed by atoms with Crippen LogP contribution in [0.15, 0.2) is 40.3 Å². The van der Waals surface area contributed by atoms with Crippen molar-refractivity contribution in [1.82, 2.24) is 5.32 Å². The summed E-state index contributed by atoms with van der Waals surface area (Å²) in [5.74, 6) is 0.471. The normalized spacial score (nSPS) is 22.1. The van der Waals surface area contributed by atoms with Crippen LogP contribution in [0.5, 0.6) is 5.75 Å². The molecule has 11 heteroatoms. The predicted molar refractivity (Wildman–Crippen MR) is 110 cm³/mol.